The number of ether oxygens (including phenoxy) is 1. The molecule has 3 rings (SSSR count). The Kier molecular flexibility index (Phi) is 4.16. The van der Waals surface area contributed by atoms with Crippen LogP contribution in [0.15, 0.2) is 65.2 Å². The van der Waals surface area contributed by atoms with Crippen LogP contribution in [0.2, 0.25) is 0 Å². The van der Waals surface area contributed by atoms with Crippen LogP contribution in [0.4, 0.5) is 0 Å². The largest absolute Gasteiger partial charge is 0.455 e. The number of carbonyl (C=O) groups excluding carboxylic acids is 1. The monoisotopic (exact) mass is 304 g/mol. The van der Waals surface area contributed by atoms with E-state index in [1.54, 1.807) is 30.3 Å². The predicted molar refractivity (Wildman–Crippen MR) is 82.2 cm³/mol. The molecule has 2 aromatic carbocycles. The second-order valence-corrected chi connectivity index (χ2v) is 4.81. The third kappa shape index (κ3) is 3.44. The summed E-state index contributed by atoms with van der Waals surface area (Å²) in [6.07, 6.45) is 0. The van der Waals surface area contributed by atoms with Crippen LogP contribution in [0.25, 0.3) is 11.3 Å². The van der Waals surface area contributed by atoms with Gasteiger partial charge in [-0.25, -0.2) is 4.79 Å². The lowest BCUT2D eigenvalue weighted by atomic mass is 10.1. The van der Waals surface area contributed by atoms with E-state index in [1.165, 1.54) is 0 Å². The Hall–Kier alpha value is -3.39. The molecule has 1 heterocycles. The standard InChI is InChI=1S/C18H12N2O3/c19-11-13-6-8-15(9-7-13)18(21)22-12-16-10-17(23-20-16)14-4-2-1-3-5-14/h1-10H,12H2. The lowest BCUT2D eigenvalue weighted by molar-refractivity contribution is 0.0464. The van der Waals surface area contributed by atoms with Gasteiger partial charge in [-0.15, -0.1) is 0 Å². The summed E-state index contributed by atoms with van der Waals surface area (Å²) in [6.45, 7) is 0.0230. The Balaban J connectivity index is 1.63. The number of benzene rings is 2. The zero-order valence-electron chi connectivity index (χ0n) is 12.1. The first-order valence-corrected chi connectivity index (χ1v) is 6.94. The summed E-state index contributed by atoms with van der Waals surface area (Å²) in [7, 11) is 0. The summed E-state index contributed by atoms with van der Waals surface area (Å²) in [5.41, 5.74) is 2.32. The molecule has 0 atom stereocenters. The van der Waals surface area contributed by atoms with E-state index < -0.39 is 5.97 Å². The number of hydrogen-bond acceptors (Lipinski definition) is 5. The topological polar surface area (TPSA) is 76.1 Å². The van der Waals surface area contributed by atoms with E-state index in [4.69, 9.17) is 14.5 Å². The van der Waals surface area contributed by atoms with Gasteiger partial charge in [-0.2, -0.15) is 5.26 Å². The molecule has 23 heavy (non-hydrogen) atoms. The minimum atomic E-state index is -0.473. The first-order chi connectivity index (χ1) is 11.3. The van der Waals surface area contributed by atoms with Gasteiger partial charge in [0.25, 0.3) is 0 Å². The van der Waals surface area contributed by atoms with Gasteiger partial charge in [0, 0.05) is 11.6 Å². The van der Waals surface area contributed by atoms with Crippen LogP contribution in [0.3, 0.4) is 0 Å². The molecular formula is C18H12N2O3. The van der Waals surface area contributed by atoms with Gasteiger partial charge in [-0.3, -0.25) is 0 Å². The molecule has 5 heteroatoms. The van der Waals surface area contributed by atoms with Gasteiger partial charge in [-0.05, 0) is 24.3 Å². The van der Waals surface area contributed by atoms with Crippen molar-refractivity contribution in [1.29, 1.82) is 5.26 Å². The summed E-state index contributed by atoms with van der Waals surface area (Å²) < 4.78 is 10.4. The number of esters is 1. The Bertz CT molecular complexity index is 846. The molecule has 0 spiro atoms. The third-order valence-corrected chi connectivity index (χ3v) is 3.22. The lowest BCUT2D eigenvalue weighted by Crippen LogP contribution is -2.05. The molecule has 0 bridgehead atoms. The van der Waals surface area contributed by atoms with Gasteiger partial charge >= 0.3 is 5.97 Å². The second kappa shape index (κ2) is 6.58. The Labute approximate surface area is 132 Å². The highest BCUT2D eigenvalue weighted by Crippen LogP contribution is 2.20. The second-order valence-electron chi connectivity index (χ2n) is 4.81. The summed E-state index contributed by atoms with van der Waals surface area (Å²) in [6, 6.07) is 19.5. The van der Waals surface area contributed by atoms with E-state index in [0.29, 0.717) is 22.6 Å². The maximum Gasteiger partial charge on any atom is 0.338 e. The van der Waals surface area contributed by atoms with E-state index in [0.717, 1.165) is 5.56 Å². The third-order valence-electron chi connectivity index (χ3n) is 3.22. The number of nitriles is 1. The fourth-order valence-corrected chi connectivity index (χ4v) is 2.02. The van der Waals surface area contributed by atoms with Crippen LogP contribution >= 0.6 is 0 Å². The zero-order chi connectivity index (χ0) is 16.1. The highest BCUT2D eigenvalue weighted by Gasteiger charge is 2.11. The summed E-state index contributed by atoms with van der Waals surface area (Å²) in [5.74, 6) is 0.147. The van der Waals surface area contributed by atoms with Crippen LogP contribution in [-0.2, 0) is 11.3 Å². The minimum Gasteiger partial charge on any atom is -0.455 e. The molecule has 3 aromatic rings. The van der Waals surface area contributed by atoms with Gasteiger partial charge in [0.1, 0.15) is 12.3 Å². The maximum absolute atomic E-state index is 11.9. The molecule has 0 fully saturated rings. The van der Waals surface area contributed by atoms with Crippen molar-refractivity contribution in [2.24, 2.45) is 0 Å². The van der Waals surface area contributed by atoms with Crippen molar-refractivity contribution in [3.8, 4) is 17.4 Å². The maximum atomic E-state index is 11.9. The van der Waals surface area contributed by atoms with Crippen LogP contribution in [-0.4, -0.2) is 11.1 Å². The van der Waals surface area contributed by atoms with Crippen molar-refractivity contribution in [2.45, 2.75) is 6.61 Å². The fourth-order valence-electron chi connectivity index (χ4n) is 2.02. The minimum absolute atomic E-state index is 0.0230. The molecule has 0 radical (unpaired) electrons. The van der Waals surface area contributed by atoms with Gasteiger partial charge in [0.05, 0.1) is 17.2 Å². The van der Waals surface area contributed by atoms with Gasteiger partial charge in [0.15, 0.2) is 5.76 Å². The van der Waals surface area contributed by atoms with E-state index in [1.807, 2.05) is 36.4 Å². The quantitative estimate of drug-likeness (QED) is 0.689. The molecule has 0 aliphatic carbocycles. The van der Waals surface area contributed by atoms with Crippen molar-refractivity contribution in [3.05, 3.63) is 77.5 Å². The fraction of sp³-hybridized carbons (Fsp3) is 0.0556. The highest BCUT2D eigenvalue weighted by atomic mass is 16.5. The number of nitrogens with zero attached hydrogens (tertiary/aromatic N) is 2. The lowest BCUT2D eigenvalue weighted by Gasteiger charge is -2.02. The van der Waals surface area contributed by atoms with Crippen molar-refractivity contribution in [1.82, 2.24) is 5.16 Å². The normalized spacial score (nSPS) is 10.0. The number of carbonyl (C=O) groups is 1. The van der Waals surface area contributed by atoms with Crippen molar-refractivity contribution < 1.29 is 14.1 Å². The highest BCUT2D eigenvalue weighted by molar-refractivity contribution is 5.89. The van der Waals surface area contributed by atoms with Crippen molar-refractivity contribution in [3.63, 3.8) is 0 Å². The van der Waals surface area contributed by atoms with Crippen molar-refractivity contribution in [2.75, 3.05) is 0 Å². The molecular weight excluding hydrogens is 292 g/mol. The predicted octanol–water partition coefficient (Wildman–Crippen LogP) is 3.57. The molecule has 0 unspecified atom stereocenters. The number of aromatic nitrogens is 1. The summed E-state index contributed by atoms with van der Waals surface area (Å²) in [4.78, 5) is 11.9. The molecule has 0 aliphatic heterocycles. The van der Waals surface area contributed by atoms with Crippen LogP contribution in [0, 0.1) is 11.3 Å². The molecule has 5 nitrogen and oxygen atoms in total. The molecule has 112 valence electrons. The molecule has 1 aromatic heterocycles. The number of rotatable bonds is 4. The Morgan fingerprint density at radius 3 is 2.57 bits per heavy atom. The molecule has 0 saturated heterocycles. The molecule has 0 amide bonds. The average Bonchev–Trinajstić information content (AvgIpc) is 3.09. The summed E-state index contributed by atoms with van der Waals surface area (Å²) in [5, 5.41) is 12.6. The summed E-state index contributed by atoms with van der Waals surface area (Å²) >= 11 is 0. The zero-order valence-corrected chi connectivity index (χ0v) is 12.1. The number of hydrogen-bond donors (Lipinski definition) is 0. The Morgan fingerprint density at radius 2 is 1.87 bits per heavy atom. The van der Waals surface area contributed by atoms with E-state index in [2.05, 4.69) is 5.16 Å². The van der Waals surface area contributed by atoms with E-state index in [-0.39, 0.29) is 6.61 Å². The molecule has 0 aliphatic rings. The first kappa shape index (κ1) is 14.5. The average molecular weight is 304 g/mol. The van der Waals surface area contributed by atoms with Crippen LogP contribution in [0.5, 0.6) is 0 Å². The first-order valence-electron chi connectivity index (χ1n) is 6.94. The molecule has 0 N–H and O–H groups in total. The van der Waals surface area contributed by atoms with E-state index in [9.17, 15) is 4.79 Å². The van der Waals surface area contributed by atoms with Gasteiger partial charge in [0.2, 0.25) is 0 Å². The Morgan fingerprint density at radius 1 is 1.13 bits per heavy atom. The molecule has 0 saturated carbocycles. The smallest absolute Gasteiger partial charge is 0.338 e. The van der Waals surface area contributed by atoms with E-state index >= 15 is 0 Å². The van der Waals surface area contributed by atoms with Crippen LogP contribution in [0.1, 0.15) is 21.6 Å². The van der Waals surface area contributed by atoms with Gasteiger partial charge in [-0.1, -0.05) is 35.5 Å². The SMILES string of the molecule is N#Cc1ccc(C(=O)OCc2cc(-c3ccccc3)on2)cc1. The van der Waals surface area contributed by atoms with Crippen molar-refractivity contribution >= 4 is 5.97 Å². The van der Waals surface area contributed by atoms with Gasteiger partial charge < -0.3 is 9.26 Å². The van der Waals surface area contributed by atoms with Crippen LogP contribution < -0.4 is 0 Å².